The number of amides is 2. The maximum atomic E-state index is 13.6. The lowest BCUT2D eigenvalue weighted by Crippen LogP contribution is -2.35. The van der Waals surface area contributed by atoms with Gasteiger partial charge in [0, 0.05) is 41.4 Å². The Bertz CT molecular complexity index is 1440. The number of anilines is 2. The molecule has 176 valence electrons. The molecule has 0 fully saturated rings. The van der Waals surface area contributed by atoms with E-state index in [1.807, 2.05) is 23.6 Å². The highest BCUT2D eigenvalue weighted by atomic mass is 32.1. The van der Waals surface area contributed by atoms with Crippen LogP contribution in [0.15, 0.2) is 72.1 Å². The number of fused-ring (bicyclic) bond motifs is 1. The van der Waals surface area contributed by atoms with Gasteiger partial charge in [0.15, 0.2) is 5.13 Å². The van der Waals surface area contributed by atoms with E-state index < -0.39 is 11.6 Å². The second-order valence-electron chi connectivity index (χ2n) is 8.30. The maximum Gasteiger partial charge on any atom is 0.259 e. The monoisotopic (exact) mass is 489 g/mol. The van der Waals surface area contributed by atoms with Gasteiger partial charge in [0.05, 0.1) is 5.69 Å². The molecule has 0 saturated carbocycles. The lowest BCUT2D eigenvalue weighted by atomic mass is 9.97. The summed E-state index contributed by atoms with van der Waals surface area (Å²) < 4.78 is 27.2. The molecule has 0 spiro atoms. The molecule has 0 N–H and O–H groups in total. The first kappa shape index (κ1) is 22.9. The molecule has 1 aliphatic heterocycles. The molecule has 4 aromatic rings. The summed E-state index contributed by atoms with van der Waals surface area (Å²) >= 11 is 1.32. The number of carbonyl (C=O) groups is 2. The molecule has 2 amide bonds. The molecule has 2 heterocycles. The van der Waals surface area contributed by atoms with Crippen LogP contribution >= 0.6 is 11.3 Å². The molecule has 0 unspecified atom stereocenters. The fourth-order valence-electron chi connectivity index (χ4n) is 4.20. The van der Waals surface area contributed by atoms with E-state index >= 15 is 0 Å². The van der Waals surface area contributed by atoms with Gasteiger partial charge < -0.3 is 4.90 Å². The third-order valence-corrected chi connectivity index (χ3v) is 6.88. The number of hydrogen-bond acceptors (Lipinski definition) is 4. The van der Waals surface area contributed by atoms with Crippen molar-refractivity contribution in [2.45, 2.75) is 12.8 Å². The summed E-state index contributed by atoms with van der Waals surface area (Å²) in [4.78, 5) is 33.5. The molecule has 3 aromatic carbocycles. The first-order chi connectivity index (χ1) is 16.9. The Balaban J connectivity index is 1.39. The van der Waals surface area contributed by atoms with Gasteiger partial charge in [-0.1, -0.05) is 18.2 Å². The van der Waals surface area contributed by atoms with Gasteiger partial charge in [0.2, 0.25) is 0 Å². The summed E-state index contributed by atoms with van der Waals surface area (Å²) in [6.07, 6.45) is 1.61. The summed E-state index contributed by atoms with van der Waals surface area (Å²) in [5, 5.41) is 2.36. The topological polar surface area (TPSA) is 53.5 Å². The molecule has 1 aromatic heterocycles. The Morgan fingerprint density at radius 2 is 1.69 bits per heavy atom. The number of aryl methyl sites for hydroxylation is 1. The summed E-state index contributed by atoms with van der Waals surface area (Å²) in [7, 11) is 1.61. The van der Waals surface area contributed by atoms with Gasteiger partial charge in [0.25, 0.3) is 11.8 Å². The second-order valence-corrected chi connectivity index (χ2v) is 9.14. The third kappa shape index (κ3) is 4.57. The number of thiazole rings is 1. The molecule has 5 nitrogen and oxygen atoms in total. The van der Waals surface area contributed by atoms with Gasteiger partial charge in [-0.15, -0.1) is 11.3 Å². The SMILES string of the molecule is CN(C(=O)c1cccc(F)c1)c1nc(-c2ccc3c(c2)CCCN3C(=O)c2cccc(F)c2)cs1. The predicted octanol–water partition coefficient (Wildman–Crippen LogP) is 5.96. The van der Waals surface area contributed by atoms with Gasteiger partial charge in [-0.25, -0.2) is 13.8 Å². The zero-order valence-electron chi connectivity index (χ0n) is 18.9. The van der Waals surface area contributed by atoms with Crippen LogP contribution in [0.3, 0.4) is 0 Å². The van der Waals surface area contributed by atoms with E-state index in [4.69, 9.17) is 0 Å². The van der Waals surface area contributed by atoms with Crippen molar-refractivity contribution >= 4 is 34.0 Å². The average Bonchev–Trinajstić information content (AvgIpc) is 3.37. The molecule has 0 aliphatic carbocycles. The Morgan fingerprint density at radius 1 is 0.971 bits per heavy atom. The molecule has 0 saturated heterocycles. The Kier molecular flexibility index (Phi) is 6.13. The van der Waals surface area contributed by atoms with E-state index in [2.05, 4.69) is 4.98 Å². The van der Waals surface area contributed by atoms with Crippen LogP contribution in [0.25, 0.3) is 11.3 Å². The van der Waals surface area contributed by atoms with Crippen LogP contribution in [0, 0.1) is 11.6 Å². The third-order valence-electron chi connectivity index (χ3n) is 5.97. The van der Waals surface area contributed by atoms with Crippen molar-refractivity contribution in [1.82, 2.24) is 4.98 Å². The minimum Gasteiger partial charge on any atom is -0.308 e. The zero-order chi connectivity index (χ0) is 24.5. The minimum absolute atomic E-state index is 0.230. The van der Waals surface area contributed by atoms with Crippen molar-refractivity contribution in [3.8, 4) is 11.3 Å². The van der Waals surface area contributed by atoms with Crippen LogP contribution in [-0.2, 0) is 6.42 Å². The summed E-state index contributed by atoms with van der Waals surface area (Å²) in [5.41, 5.74) is 3.97. The smallest absolute Gasteiger partial charge is 0.259 e. The number of nitrogens with zero attached hydrogens (tertiary/aromatic N) is 3. The number of benzene rings is 3. The van der Waals surface area contributed by atoms with E-state index in [1.54, 1.807) is 24.1 Å². The van der Waals surface area contributed by atoms with Crippen LogP contribution in [0.2, 0.25) is 0 Å². The lowest BCUT2D eigenvalue weighted by Gasteiger charge is -2.30. The quantitative estimate of drug-likeness (QED) is 0.356. The minimum atomic E-state index is -0.469. The van der Waals surface area contributed by atoms with Crippen molar-refractivity contribution in [1.29, 1.82) is 0 Å². The van der Waals surface area contributed by atoms with Crippen LogP contribution in [-0.4, -0.2) is 30.4 Å². The highest BCUT2D eigenvalue weighted by Crippen LogP contribution is 2.34. The van der Waals surface area contributed by atoms with Gasteiger partial charge in [-0.3, -0.25) is 14.5 Å². The number of carbonyl (C=O) groups excluding carboxylic acids is 2. The lowest BCUT2D eigenvalue weighted by molar-refractivity contribution is 0.0980. The van der Waals surface area contributed by atoms with Gasteiger partial charge in [-0.2, -0.15) is 0 Å². The molecular formula is C27H21F2N3O2S. The normalized spacial score (nSPS) is 12.8. The fourth-order valence-corrected chi connectivity index (χ4v) is 5.00. The highest BCUT2D eigenvalue weighted by molar-refractivity contribution is 7.14. The Hall–Kier alpha value is -3.91. The Labute approximate surface area is 205 Å². The number of rotatable bonds is 4. The first-order valence-corrected chi connectivity index (χ1v) is 12.0. The van der Waals surface area contributed by atoms with Crippen molar-refractivity contribution in [2.75, 3.05) is 23.4 Å². The standard InChI is InChI=1S/C27H21F2N3O2S/c1-31(25(33)19-5-2-8-21(28)14-19)27-30-23(16-35-27)17-10-11-24-18(13-17)7-4-12-32(24)26(34)20-6-3-9-22(29)15-20/h2-3,5-6,8-11,13-16H,4,7,12H2,1H3. The van der Waals surface area contributed by atoms with Crippen LogP contribution in [0.5, 0.6) is 0 Å². The molecule has 8 heteroatoms. The highest BCUT2D eigenvalue weighted by Gasteiger charge is 2.25. The average molecular weight is 490 g/mol. The van der Waals surface area contributed by atoms with Crippen molar-refractivity contribution < 1.29 is 18.4 Å². The van der Waals surface area contributed by atoms with Crippen molar-refractivity contribution in [3.63, 3.8) is 0 Å². The molecule has 0 radical (unpaired) electrons. The molecule has 5 rings (SSSR count). The predicted molar refractivity (Wildman–Crippen MR) is 133 cm³/mol. The molecule has 35 heavy (non-hydrogen) atoms. The zero-order valence-corrected chi connectivity index (χ0v) is 19.7. The van der Waals surface area contributed by atoms with E-state index in [-0.39, 0.29) is 17.4 Å². The van der Waals surface area contributed by atoms with Crippen molar-refractivity contribution in [3.05, 3.63) is 100 Å². The van der Waals surface area contributed by atoms with Crippen LogP contribution in [0.1, 0.15) is 32.7 Å². The maximum absolute atomic E-state index is 13.6. The van der Waals surface area contributed by atoms with E-state index in [0.717, 1.165) is 29.7 Å². The first-order valence-electron chi connectivity index (χ1n) is 11.1. The number of aromatic nitrogens is 1. The number of halogens is 2. The molecule has 0 bridgehead atoms. The Morgan fingerprint density at radius 3 is 2.43 bits per heavy atom. The summed E-state index contributed by atoms with van der Waals surface area (Å²) in [6, 6.07) is 17.1. The van der Waals surface area contributed by atoms with Crippen molar-refractivity contribution in [2.24, 2.45) is 0 Å². The van der Waals surface area contributed by atoms with E-state index in [0.29, 0.717) is 22.9 Å². The summed E-state index contributed by atoms with van der Waals surface area (Å²) in [6.45, 7) is 0.565. The molecule has 1 aliphatic rings. The van der Waals surface area contributed by atoms with Gasteiger partial charge in [0.1, 0.15) is 11.6 Å². The van der Waals surface area contributed by atoms with E-state index in [9.17, 15) is 18.4 Å². The van der Waals surface area contributed by atoms with Crippen LogP contribution in [0.4, 0.5) is 19.6 Å². The summed E-state index contributed by atoms with van der Waals surface area (Å²) in [5.74, 6) is -1.49. The van der Waals surface area contributed by atoms with Gasteiger partial charge in [-0.05, 0) is 66.9 Å². The largest absolute Gasteiger partial charge is 0.308 e. The second kappa shape index (κ2) is 9.38. The van der Waals surface area contributed by atoms with E-state index in [1.165, 1.54) is 52.6 Å². The fraction of sp³-hybridized carbons (Fsp3) is 0.148. The van der Waals surface area contributed by atoms with Crippen LogP contribution < -0.4 is 9.80 Å². The number of hydrogen-bond donors (Lipinski definition) is 0. The molecular weight excluding hydrogens is 468 g/mol. The molecule has 0 atom stereocenters. The van der Waals surface area contributed by atoms with Gasteiger partial charge >= 0.3 is 0 Å².